The number of aromatic nitrogens is 3. The highest BCUT2D eigenvalue weighted by Crippen LogP contribution is 2.04. The van der Waals surface area contributed by atoms with Gasteiger partial charge in [-0.15, -0.1) is 0 Å². The van der Waals surface area contributed by atoms with Gasteiger partial charge in [-0.25, -0.2) is 4.98 Å². The second-order valence-electron chi connectivity index (χ2n) is 2.83. The van der Waals surface area contributed by atoms with Crippen molar-refractivity contribution in [3.63, 3.8) is 0 Å². The molecule has 0 aliphatic heterocycles. The van der Waals surface area contributed by atoms with Crippen molar-refractivity contribution in [1.29, 1.82) is 0 Å². The SMILES string of the molecule is O=C(O)CCc1cn2ccnc2[nH]1. The zero-order valence-electron chi connectivity index (χ0n) is 6.90. The molecular formula is C8H9N3O2. The topological polar surface area (TPSA) is 70.4 Å². The maximum Gasteiger partial charge on any atom is 0.303 e. The van der Waals surface area contributed by atoms with Crippen LogP contribution in [0.1, 0.15) is 12.1 Å². The van der Waals surface area contributed by atoms with Gasteiger partial charge in [-0.1, -0.05) is 0 Å². The van der Waals surface area contributed by atoms with E-state index < -0.39 is 5.97 Å². The number of nitrogens with one attached hydrogen (secondary N) is 1. The van der Waals surface area contributed by atoms with Crippen molar-refractivity contribution in [3.8, 4) is 0 Å². The number of imidazole rings is 2. The second kappa shape index (κ2) is 2.93. The van der Waals surface area contributed by atoms with Crippen LogP contribution in [0, 0.1) is 0 Å². The third-order valence-corrected chi connectivity index (χ3v) is 1.84. The number of rotatable bonds is 3. The van der Waals surface area contributed by atoms with Crippen LogP contribution in [-0.4, -0.2) is 25.4 Å². The number of nitrogens with zero attached hydrogens (tertiary/aromatic N) is 2. The van der Waals surface area contributed by atoms with Crippen LogP contribution in [0.5, 0.6) is 0 Å². The molecule has 2 aromatic heterocycles. The number of hydrogen-bond donors (Lipinski definition) is 2. The van der Waals surface area contributed by atoms with Crippen molar-refractivity contribution in [2.45, 2.75) is 12.8 Å². The first-order chi connectivity index (χ1) is 6.25. The molecule has 0 radical (unpaired) electrons. The summed E-state index contributed by atoms with van der Waals surface area (Å²) in [5.74, 6) is -0.0346. The number of H-pyrrole nitrogens is 1. The first kappa shape index (κ1) is 7.85. The Kier molecular flexibility index (Phi) is 1.77. The first-order valence-corrected chi connectivity index (χ1v) is 3.98. The van der Waals surface area contributed by atoms with Gasteiger partial charge in [0.1, 0.15) is 0 Å². The van der Waals surface area contributed by atoms with Gasteiger partial charge in [0.25, 0.3) is 0 Å². The minimum absolute atomic E-state index is 0.143. The number of aromatic amines is 1. The summed E-state index contributed by atoms with van der Waals surface area (Å²) in [5, 5.41) is 8.46. The lowest BCUT2D eigenvalue weighted by Gasteiger charge is -1.90. The van der Waals surface area contributed by atoms with Crippen LogP contribution < -0.4 is 0 Å². The third-order valence-electron chi connectivity index (χ3n) is 1.84. The average Bonchev–Trinajstić information content (AvgIpc) is 2.58. The Hall–Kier alpha value is -1.78. The fourth-order valence-corrected chi connectivity index (χ4v) is 1.23. The zero-order valence-corrected chi connectivity index (χ0v) is 6.90. The molecule has 0 atom stereocenters. The van der Waals surface area contributed by atoms with Gasteiger partial charge in [-0.05, 0) is 6.42 Å². The van der Waals surface area contributed by atoms with Gasteiger partial charge >= 0.3 is 5.97 Å². The van der Waals surface area contributed by atoms with Crippen LogP contribution in [0.4, 0.5) is 0 Å². The molecule has 0 saturated carbocycles. The molecule has 0 fully saturated rings. The molecule has 2 N–H and O–H groups in total. The van der Waals surface area contributed by atoms with Gasteiger partial charge in [0, 0.05) is 24.3 Å². The molecule has 2 aromatic rings. The number of fused-ring (bicyclic) bond motifs is 1. The number of carboxylic acids is 1. The van der Waals surface area contributed by atoms with E-state index in [0.29, 0.717) is 6.42 Å². The smallest absolute Gasteiger partial charge is 0.303 e. The van der Waals surface area contributed by atoms with Crippen LogP contribution >= 0.6 is 0 Å². The predicted octanol–water partition coefficient (Wildman–Crippen LogP) is 0.680. The maximum atomic E-state index is 10.3. The van der Waals surface area contributed by atoms with Gasteiger partial charge in [-0.3, -0.25) is 9.20 Å². The largest absolute Gasteiger partial charge is 0.481 e. The lowest BCUT2D eigenvalue weighted by Crippen LogP contribution is -1.97. The standard InChI is InChI=1S/C8H9N3O2/c12-7(13)2-1-6-5-11-4-3-9-8(11)10-6/h3-5H,1-2H2,(H,9,10)(H,12,13). The highest BCUT2D eigenvalue weighted by molar-refractivity contribution is 5.67. The molecule has 5 heteroatoms. The van der Waals surface area contributed by atoms with Crippen molar-refractivity contribution in [2.75, 3.05) is 0 Å². The van der Waals surface area contributed by atoms with Crippen LogP contribution in [0.2, 0.25) is 0 Å². The lowest BCUT2D eigenvalue weighted by molar-refractivity contribution is -0.136. The molecule has 68 valence electrons. The van der Waals surface area contributed by atoms with E-state index in [1.165, 1.54) is 0 Å². The Balaban J connectivity index is 2.15. The Labute approximate surface area is 74.0 Å². The van der Waals surface area contributed by atoms with E-state index in [-0.39, 0.29) is 6.42 Å². The molecule has 0 amide bonds. The normalized spacial score (nSPS) is 10.8. The summed E-state index contributed by atoms with van der Waals surface area (Å²) in [5.41, 5.74) is 0.894. The molecule has 13 heavy (non-hydrogen) atoms. The van der Waals surface area contributed by atoms with Crippen molar-refractivity contribution >= 4 is 11.7 Å². The molecule has 0 spiro atoms. The molecule has 0 bridgehead atoms. The highest BCUT2D eigenvalue weighted by Gasteiger charge is 2.03. The first-order valence-electron chi connectivity index (χ1n) is 3.98. The number of carboxylic acid groups (broad SMARTS) is 1. The summed E-state index contributed by atoms with van der Waals surface area (Å²) in [6, 6.07) is 0. The Morgan fingerprint density at radius 2 is 2.54 bits per heavy atom. The Morgan fingerprint density at radius 3 is 3.23 bits per heavy atom. The van der Waals surface area contributed by atoms with Crippen molar-refractivity contribution < 1.29 is 9.90 Å². The summed E-state index contributed by atoms with van der Waals surface area (Å²) < 4.78 is 1.83. The van der Waals surface area contributed by atoms with E-state index >= 15 is 0 Å². The quantitative estimate of drug-likeness (QED) is 0.727. The summed E-state index contributed by atoms with van der Waals surface area (Å²) in [7, 11) is 0. The van der Waals surface area contributed by atoms with E-state index in [9.17, 15) is 4.79 Å². The molecule has 2 heterocycles. The molecule has 0 aliphatic carbocycles. The zero-order chi connectivity index (χ0) is 9.26. The van der Waals surface area contributed by atoms with E-state index in [1.54, 1.807) is 6.20 Å². The third kappa shape index (κ3) is 1.53. The van der Waals surface area contributed by atoms with E-state index in [0.717, 1.165) is 11.5 Å². The van der Waals surface area contributed by atoms with E-state index in [2.05, 4.69) is 9.97 Å². The minimum atomic E-state index is -0.785. The van der Waals surface area contributed by atoms with Crippen molar-refractivity contribution in [2.24, 2.45) is 0 Å². The molecule has 0 aliphatic rings. The molecule has 0 unspecified atom stereocenters. The van der Waals surface area contributed by atoms with Gasteiger partial charge in [0.15, 0.2) is 0 Å². The summed E-state index contributed by atoms with van der Waals surface area (Å²) >= 11 is 0. The summed E-state index contributed by atoms with van der Waals surface area (Å²) in [4.78, 5) is 17.3. The summed E-state index contributed by atoms with van der Waals surface area (Å²) in [6.07, 6.45) is 6.01. The van der Waals surface area contributed by atoms with Gasteiger partial charge in [-0.2, -0.15) is 0 Å². The molecule has 5 nitrogen and oxygen atoms in total. The van der Waals surface area contributed by atoms with Crippen LogP contribution in [0.15, 0.2) is 18.6 Å². The van der Waals surface area contributed by atoms with Crippen molar-refractivity contribution in [3.05, 3.63) is 24.3 Å². The van der Waals surface area contributed by atoms with E-state index in [4.69, 9.17) is 5.11 Å². The van der Waals surface area contributed by atoms with Gasteiger partial charge < -0.3 is 10.1 Å². The molecule has 0 aromatic carbocycles. The average molecular weight is 179 g/mol. The molecular weight excluding hydrogens is 170 g/mol. The fraction of sp³-hybridized carbons (Fsp3) is 0.250. The lowest BCUT2D eigenvalue weighted by atomic mass is 10.2. The van der Waals surface area contributed by atoms with Crippen LogP contribution in [0.3, 0.4) is 0 Å². The number of carbonyl (C=O) groups is 1. The second-order valence-corrected chi connectivity index (χ2v) is 2.83. The highest BCUT2D eigenvalue weighted by atomic mass is 16.4. The maximum absolute atomic E-state index is 10.3. The predicted molar refractivity (Wildman–Crippen MR) is 45.5 cm³/mol. The minimum Gasteiger partial charge on any atom is -0.481 e. The number of aryl methyl sites for hydroxylation is 1. The van der Waals surface area contributed by atoms with Gasteiger partial charge in [0.2, 0.25) is 5.78 Å². The molecule has 0 saturated heterocycles. The summed E-state index contributed by atoms with van der Waals surface area (Å²) in [6.45, 7) is 0. The van der Waals surface area contributed by atoms with Crippen molar-refractivity contribution in [1.82, 2.24) is 14.4 Å². The van der Waals surface area contributed by atoms with Crippen LogP contribution in [0.25, 0.3) is 5.78 Å². The van der Waals surface area contributed by atoms with Gasteiger partial charge in [0.05, 0.1) is 6.42 Å². The number of aliphatic carboxylic acids is 1. The molecule has 2 rings (SSSR count). The fourth-order valence-electron chi connectivity index (χ4n) is 1.23. The Morgan fingerprint density at radius 1 is 1.69 bits per heavy atom. The monoisotopic (exact) mass is 179 g/mol. The van der Waals surface area contributed by atoms with Crippen LogP contribution in [-0.2, 0) is 11.2 Å². The van der Waals surface area contributed by atoms with E-state index in [1.807, 2.05) is 16.8 Å². The Bertz CT molecular complexity index is 401. The number of hydrogen-bond acceptors (Lipinski definition) is 2.